The molecule has 1 unspecified atom stereocenters. The van der Waals surface area contributed by atoms with E-state index >= 15 is 0 Å². The molecule has 1 aliphatic rings. The molecule has 116 valence electrons. The van der Waals surface area contributed by atoms with Crippen LogP contribution in [-0.4, -0.2) is 19.3 Å². The van der Waals surface area contributed by atoms with Gasteiger partial charge in [-0.3, -0.25) is 4.57 Å². The minimum atomic E-state index is 0.507. The molecule has 2 heterocycles. The van der Waals surface area contributed by atoms with Crippen LogP contribution in [0.25, 0.3) is 11.2 Å². The summed E-state index contributed by atoms with van der Waals surface area (Å²) in [5, 5.41) is 4.65. The van der Waals surface area contributed by atoms with E-state index in [2.05, 4.69) is 40.1 Å². The average molecular weight is 306 g/mol. The van der Waals surface area contributed by atoms with Crippen molar-refractivity contribution in [2.24, 2.45) is 5.92 Å². The van der Waals surface area contributed by atoms with E-state index in [1.807, 2.05) is 0 Å². The van der Waals surface area contributed by atoms with Crippen LogP contribution in [0.15, 0.2) is 0 Å². The van der Waals surface area contributed by atoms with Gasteiger partial charge in [0.2, 0.25) is 0 Å². The Kier molecular flexibility index (Phi) is 4.20. The molecule has 1 atom stereocenters. The number of nitrogens with zero attached hydrogens (tertiary/aromatic N) is 3. The fourth-order valence-electron chi connectivity index (χ4n) is 4.00. The molecule has 0 amide bonds. The highest BCUT2D eigenvalue weighted by Crippen LogP contribution is 2.37. The molecule has 1 aliphatic carbocycles. The average Bonchev–Trinajstić information content (AvgIpc) is 2.99. The molecule has 3 rings (SSSR count). The van der Waals surface area contributed by atoms with Gasteiger partial charge < -0.3 is 4.98 Å². The Morgan fingerprint density at radius 2 is 2.00 bits per heavy atom. The van der Waals surface area contributed by atoms with Crippen molar-refractivity contribution in [2.75, 3.05) is 0 Å². The maximum atomic E-state index is 5.65. The summed E-state index contributed by atoms with van der Waals surface area (Å²) >= 11 is 5.65. The number of aromatic nitrogens is 4. The zero-order chi connectivity index (χ0) is 15.0. The normalized spacial score (nSPS) is 18.4. The fourth-order valence-corrected chi connectivity index (χ4v) is 4.32. The van der Waals surface area contributed by atoms with Gasteiger partial charge in [0.25, 0.3) is 0 Å². The van der Waals surface area contributed by atoms with Crippen molar-refractivity contribution in [1.29, 1.82) is 0 Å². The van der Waals surface area contributed by atoms with Crippen LogP contribution in [-0.2, 0) is 6.54 Å². The number of aromatic amines is 1. The van der Waals surface area contributed by atoms with Crippen molar-refractivity contribution in [2.45, 2.75) is 71.9 Å². The van der Waals surface area contributed by atoms with Gasteiger partial charge >= 0.3 is 0 Å². The van der Waals surface area contributed by atoms with E-state index in [9.17, 15) is 0 Å². The highest BCUT2D eigenvalue weighted by molar-refractivity contribution is 7.71. The zero-order valence-corrected chi connectivity index (χ0v) is 14.2. The van der Waals surface area contributed by atoms with Crippen molar-refractivity contribution >= 4 is 23.4 Å². The molecule has 0 aliphatic heterocycles. The van der Waals surface area contributed by atoms with Crippen LogP contribution >= 0.6 is 12.2 Å². The molecule has 0 saturated heterocycles. The van der Waals surface area contributed by atoms with Gasteiger partial charge in [0.15, 0.2) is 10.4 Å². The Balaban J connectivity index is 2.12. The number of imidazole rings is 1. The summed E-state index contributed by atoms with van der Waals surface area (Å²) in [4.78, 5) is 3.40. The van der Waals surface area contributed by atoms with Crippen LogP contribution in [0.5, 0.6) is 0 Å². The van der Waals surface area contributed by atoms with Gasteiger partial charge in [-0.05, 0) is 51.2 Å². The third-order valence-corrected chi connectivity index (χ3v) is 5.32. The first-order chi connectivity index (χ1) is 10.2. The molecule has 2 aromatic heterocycles. The van der Waals surface area contributed by atoms with E-state index in [-0.39, 0.29) is 0 Å². The summed E-state index contributed by atoms with van der Waals surface area (Å²) in [6, 6.07) is 0.507. The van der Waals surface area contributed by atoms with Crippen LogP contribution in [0, 0.1) is 17.6 Å². The van der Waals surface area contributed by atoms with Crippen molar-refractivity contribution in [1.82, 2.24) is 19.3 Å². The monoisotopic (exact) mass is 306 g/mol. The van der Waals surface area contributed by atoms with Crippen molar-refractivity contribution in [3.8, 4) is 0 Å². The lowest BCUT2D eigenvalue weighted by Gasteiger charge is -2.31. The van der Waals surface area contributed by atoms with Gasteiger partial charge in [-0.25, -0.2) is 4.68 Å². The lowest BCUT2D eigenvalue weighted by molar-refractivity contribution is 0.243. The Morgan fingerprint density at radius 3 is 2.62 bits per heavy atom. The predicted octanol–water partition coefficient (Wildman–Crippen LogP) is 4.76. The minimum Gasteiger partial charge on any atom is -0.328 e. The van der Waals surface area contributed by atoms with E-state index in [0.29, 0.717) is 6.04 Å². The summed E-state index contributed by atoms with van der Waals surface area (Å²) in [5.41, 5.74) is 3.36. The summed E-state index contributed by atoms with van der Waals surface area (Å²) < 4.78 is 5.33. The van der Waals surface area contributed by atoms with Gasteiger partial charge in [-0.1, -0.05) is 26.2 Å². The van der Waals surface area contributed by atoms with Crippen molar-refractivity contribution < 1.29 is 0 Å². The number of rotatable bonds is 4. The maximum absolute atomic E-state index is 5.65. The highest BCUT2D eigenvalue weighted by atomic mass is 32.1. The van der Waals surface area contributed by atoms with Gasteiger partial charge in [-0.15, -0.1) is 0 Å². The lowest BCUT2D eigenvalue weighted by Crippen LogP contribution is -2.22. The number of aryl methyl sites for hydroxylation is 2. The standard InChI is InChI=1S/C16H26N4S/c1-4-13(12-9-7-6-8-10-12)20-15-14(17-16(20)21)11(3)18-19(15)5-2/h12-13H,4-10H2,1-3H3,(H,17,21). The van der Waals surface area contributed by atoms with Crippen LogP contribution in [0.2, 0.25) is 0 Å². The first-order valence-corrected chi connectivity index (χ1v) is 8.75. The van der Waals surface area contributed by atoms with Crippen molar-refractivity contribution in [3.63, 3.8) is 0 Å². The predicted molar refractivity (Wildman–Crippen MR) is 89.2 cm³/mol. The number of hydrogen-bond donors (Lipinski definition) is 1. The van der Waals surface area contributed by atoms with Gasteiger partial charge in [-0.2, -0.15) is 5.10 Å². The Hall–Kier alpha value is -1.10. The second kappa shape index (κ2) is 5.95. The molecule has 5 heteroatoms. The van der Waals surface area contributed by atoms with Gasteiger partial charge in [0.05, 0.1) is 5.69 Å². The van der Waals surface area contributed by atoms with Gasteiger partial charge in [0.1, 0.15) is 5.52 Å². The first-order valence-electron chi connectivity index (χ1n) is 8.35. The fraction of sp³-hybridized carbons (Fsp3) is 0.750. The first kappa shape index (κ1) is 14.8. The summed E-state index contributed by atoms with van der Waals surface area (Å²) in [6.45, 7) is 7.39. The topological polar surface area (TPSA) is 38.5 Å². The molecule has 2 aromatic rings. The van der Waals surface area contributed by atoms with E-state index in [0.717, 1.165) is 34.9 Å². The van der Waals surface area contributed by atoms with Crippen LogP contribution < -0.4 is 0 Å². The van der Waals surface area contributed by atoms with E-state index in [1.165, 1.54) is 37.8 Å². The van der Waals surface area contributed by atoms with Crippen LogP contribution in [0.3, 0.4) is 0 Å². The molecule has 21 heavy (non-hydrogen) atoms. The van der Waals surface area contributed by atoms with E-state index in [4.69, 9.17) is 12.2 Å². The molecular weight excluding hydrogens is 280 g/mol. The molecule has 1 fully saturated rings. The Morgan fingerprint density at radius 1 is 1.29 bits per heavy atom. The maximum Gasteiger partial charge on any atom is 0.179 e. The molecule has 0 bridgehead atoms. The molecule has 1 saturated carbocycles. The lowest BCUT2D eigenvalue weighted by atomic mass is 9.83. The second-order valence-electron chi connectivity index (χ2n) is 6.27. The largest absolute Gasteiger partial charge is 0.328 e. The number of H-pyrrole nitrogens is 1. The summed E-state index contributed by atoms with van der Waals surface area (Å²) in [5.74, 6) is 0.759. The number of nitrogens with one attached hydrogen (secondary N) is 1. The molecule has 4 nitrogen and oxygen atoms in total. The number of fused-ring (bicyclic) bond motifs is 1. The zero-order valence-electron chi connectivity index (χ0n) is 13.4. The highest BCUT2D eigenvalue weighted by Gasteiger charge is 2.27. The Bertz CT molecular complexity index is 672. The molecule has 0 spiro atoms. The minimum absolute atomic E-state index is 0.507. The molecule has 0 radical (unpaired) electrons. The van der Waals surface area contributed by atoms with Crippen LogP contribution in [0.4, 0.5) is 0 Å². The van der Waals surface area contributed by atoms with Crippen molar-refractivity contribution in [3.05, 3.63) is 10.5 Å². The third kappa shape index (κ3) is 2.45. The molecule has 0 aromatic carbocycles. The third-order valence-electron chi connectivity index (χ3n) is 5.02. The molecule has 1 N–H and O–H groups in total. The summed E-state index contributed by atoms with van der Waals surface area (Å²) in [6.07, 6.45) is 7.95. The quantitative estimate of drug-likeness (QED) is 0.827. The summed E-state index contributed by atoms with van der Waals surface area (Å²) in [7, 11) is 0. The Labute approximate surface area is 131 Å². The molecular formula is C16H26N4S. The van der Waals surface area contributed by atoms with Crippen LogP contribution in [0.1, 0.15) is 64.1 Å². The SMILES string of the molecule is CCC(C1CCCCC1)n1c(=S)[nH]c2c(C)nn(CC)c21. The smallest absolute Gasteiger partial charge is 0.179 e. The second-order valence-corrected chi connectivity index (χ2v) is 6.66. The van der Waals surface area contributed by atoms with Gasteiger partial charge in [0, 0.05) is 12.6 Å². The van der Waals surface area contributed by atoms with E-state index in [1.54, 1.807) is 0 Å². The van der Waals surface area contributed by atoms with E-state index < -0.39 is 0 Å². The number of hydrogen-bond acceptors (Lipinski definition) is 2.